The average molecular weight is 401 g/mol. The fourth-order valence-electron chi connectivity index (χ4n) is 3.30. The lowest BCUT2D eigenvalue weighted by atomic mass is 10.1. The smallest absolute Gasteiger partial charge is 0.390 e. The zero-order valence-corrected chi connectivity index (χ0v) is 16.2. The third-order valence-electron chi connectivity index (χ3n) is 4.83. The average Bonchev–Trinajstić information content (AvgIpc) is 3.33. The minimum Gasteiger partial charge on any atom is -0.466 e. The SMILES string of the molecule is CN1C(=O)C2C(=NC(NCc3ccco3)=[N+]2Cc2ccccc2Cl)N(C)C1=O. The molecule has 1 saturated heterocycles. The number of hydrogen-bond donors (Lipinski definition) is 1. The molecule has 1 N–H and O–H groups in total. The van der Waals surface area contributed by atoms with E-state index < -0.39 is 12.1 Å². The summed E-state index contributed by atoms with van der Waals surface area (Å²) in [6.07, 6.45) is 1.59. The molecule has 2 aliphatic rings. The Kier molecular flexibility index (Phi) is 4.64. The van der Waals surface area contributed by atoms with Crippen LogP contribution in [-0.2, 0) is 17.9 Å². The van der Waals surface area contributed by atoms with Crippen molar-refractivity contribution in [2.75, 3.05) is 14.1 Å². The molecule has 28 heavy (non-hydrogen) atoms. The summed E-state index contributed by atoms with van der Waals surface area (Å²) in [6, 6.07) is 9.96. The van der Waals surface area contributed by atoms with Gasteiger partial charge in [-0.1, -0.05) is 34.8 Å². The van der Waals surface area contributed by atoms with Crippen LogP contribution in [0.3, 0.4) is 0 Å². The Morgan fingerprint density at radius 3 is 2.68 bits per heavy atom. The summed E-state index contributed by atoms with van der Waals surface area (Å²) in [7, 11) is 3.08. The molecule has 3 heterocycles. The second-order valence-electron chi connectivity index (χ2n) is 6.59. The quantitative estimate of drug-likeness (QED) is 0.795. The Balaban J connectivity index is 1.72. The Labute approximate surface area is 166 Å². The molecule has 2 aliphatic heterocycles. The number of rotatable bonds is 4. The van der Waals surface area contributed by atoms with E-state index in [1.165, 1.54) is 11.9 Å². The van der Waals surface area contributed by atoms with Crippen molar-refractivity contribution in [3.63, 3.8) is 0 Å². The Bertz CT molecular complexity index is 999. The van der Waals surface area contributed by atoms with Crippen LogP contribution >= 0.6 is 11.6 Å². The second kappa shape index (κ2) is 7.12. The number of nitrogens with one attached hydrogen (secondary N) is 1. The van der Waals surface area contributed by atoms with Crippen molar-refractivity contribution in [1.82, 2.24) is 15.1 Å². The van der Waals surface area contributed by atoms with E-state index in [0.29, 0.717) is 29.9 Å². The van der Waals surface area contributed by atoms with Crippen LogP contribution in [-0.4, -0.2) is 58.2 Å². The summed E-state index contributed by atoms with van der Waals surface area (Å²) in [5, 5.41) is 3.81. The topological polar surface area (TPSA) is 81.2 Å². The maximum absolute atomic E-state index is 12.9. The van der Waals surface area contributed by atoms with Gasteiger partial charge in [0.1, 0.15) is 12.3 Å². The first-order chi connectivity index (χ1) is 13.5. The molecule has 144 valence electrons. The summed E-state index contributed by atoms with van der Waals surface area (Å²) >= 11 is 6.33. The third kappa shape index (κ3) is 3.05. The lowest BCUT2D eigenvalue weighted by Crippen LogP contribution is -2.61. The number of fused-ring (bicyclic) bond motifs is 1. The van der Waals surface area contributed by atoms with Crippen molar-refractivity contribution in [1.29, 1.82) is 0 Å². The number of benzene rings is 1. The van der Waals surface area contributed by atoms with Crippen LogP contribution in [0.25, 0.3) is 0 Å². The number of nitrogens with zero attached hydrogens (tertiary/aromatic N) is 4. The van der Waals surface area contributed by atoms with Crippen LogP contribution in [0.5, 0.6) is 0 Å². The maximum atomic E-state index is 12.9. The highest BCUT2D eigenvalue weighted by Crippen LogP contribution is 2.23. The van der Waals surface area contributed by atoms with Gasteiger partial charge in [0, 0.05) is 24.7 Å². The number of halogens is 1. The normalized spacial score (nSPS) is 19.2. The van der Waals surface area contributed by atoms with Crippen LogP contribution < -0.4 is 5.32 Å². The van der Waals surface area contributed by atoms with Gasteiger partial charge < -0.3 is 4.42 Å². The number of imide groups is 1. The van der Waals surface area contributed by atoms with E-state index >= 15 is 0 Å². The van der Waals surface area contributed by atoms with Crippen molar-refractivity contribution >= 4 is 35.3 Å². The highest BCUT2D eigenvalue weighted by Gasteiger charge is 2.51. The summed E-state index contributed by atoms with van der Waals surface area (Å²) in [5.41, 5.74) is 0.855. The first-order valence-electron chi connectivity index (χ1n) is 8.74. The molecular formula is C19H19ClN5O3+. The summed E-state index contributed by atoms with van der Waals surface area (Å²) in [4.78, 5) is 32.3. The van der Waals surface area contributed by atoms with E-state index in [2.05, 4.69) is 10.3 Å². The Morgan fingerprint density at radius 1 is 1.18 bits per heavy atom. The fourth-order valence-corrected chi connectivity index (χ4v) is 3.49. The lowest BCUT2D eigenvalue weighted by Gasteiger charge is -2.31. The molecule has 9 heteroatoms. The van der Waals surface area contributed by atoms with Gasteiger partial charge in [0.25, 0.3) is 5.91 Å². The van der Waals surface area contributed by atoms with Crippen LogP contribution in [0.2, 0.25) is 5.02 Å². The van der Waals surface area contributed by atoms with Gasteiger partial charge in [-0.3, -0.25) is 19.9 Å². The van der Waals surface area contributed by atoms with E-state index in [1.54, 1.807) is 25.4 Å². The maximum Gasteiger partial charge on any atom is 0.390 e. The molecule has 0 radical (unpaired) electrons. The standard InChI is InChI=1S/C19H18ClN5O3/c1-23-16-15(17(26)24(2)19(23)27)25(11-12-6-3-4-8-14(12)20)18(22-16)21-10-13-7-5-9-28-13/h3-9,15H,10-11H2,1-2H3/p+1. The first kappa shape index (κ1) is 18.2. The van der Waals surface area contributed by atoms with Crippen LogP contribution in [0.4, 0.5) is 4.79 Å². The molecule has 0 saturated carbocycles. The van der Waals surface area contributed by atoms with Gasteiger partial charge in [-0.2, -0.15) is 0 Å². The molecular weight excluding hydrogens is 382 g/mol. The molecule has 8 nitrogen and oxygen atoms in total. The summed E-state index contributed by atoms with van der Waals surface area (Å²) in [5.74, 6) is 1.28. The van der Waals surface area contributed by atoms with Gasteiger partial charge in [-0.25, -0.2) is 9.37 Å². The third-order valence-corrected chi connectivity index (χ3v) is 5.20. The number of hydrogen-bond acceptors (Lipinski definition) is 5. The number of amidine groups is 1. The van der Waals surface area contributed by atoms with E-state index in [0.717, 1.165) is 16.2 Å². The zero-order valence-electron chi connectivity index (χ0n) is 15.4. The van der Waals surface area contributed by atoms with E-state index in [-0.39, 0.29) is 5.91 Å². The minimum atomic E-state index is -0.705. The lowest BCUT2D eigenvalue weighted by molar-refractivity contribution is -0.553. The van der Waals surface area contributed by atoms with Crippen molar-refractivity contribution in [3.8, 4) is 0 Å². The molecule has 1 aromatic carbocycles. The number of urea groups is 1. The molecule has 4 rings (SSSR count). The van der Waals surface area contributed by atoms with Gasteiger partial charge in [0.15, 0.2) is 0 Å². The number of aliphatic imine (C=N–C) groups is 1. The molecule has 1 aromatic heterocycles. The van der Waals surface area contributed by atoms with E-state index in [9.17, 15) is 9.59 Å². The zero-order chi connectivity index (χ0) is 19.8. The van der Waals surface area contributed by atoms with Crippen molar-refractivity contribution in [2.24, 2.45) is 4.99 Å². The molecule has 0 spiro atoms. The van der Waals surface area contributed by atoms with Gasteiger partial charge >= 0.3 is 12.0 Å². The van der Waals surface area contributed by atoms with Crippen molar-refractivity contribution < 1.29 is 18.6 Å². The number of furan rings is 1. The Hall–Kier alpha value is -3.13. The van der Waals surface area contributed by atoms with Crippen LogP contribution in [0.15, 0.2) is 52.1 Å². The number of carbonyl (C=O) groups excluding carboxylic acids is 2. The molecule has 1 fully saturated rings. The van der Waals surface area contributed by atoms with Gasteiger partial charge in [-0.15, -0.1) is 0 Å². The predicted octanol–water partition coefficient (Wildman–Crippen LogP) is 1.90. The highest BCUT2D eigenvalue weighted by atomic mass is 35.5. The van der Waals surface area contributed by atoms with Crippen molar-refractivity contribution in [3.05, 3.63) is 59.0 Å². The molecule has 1 atom stereocenters. The molecule has 3 amide bonds. The van der Waals surface area contributed by atoms with Crippen molar-refractivity contribution in [2.45, 2.75) is 19.1 Å². The number of carbonyl (C=O) groups is 2. The van der Waals surface area contributed by atoms with Crippen LogP contribution in [0, 0.1) is 0 Å². The van der Waals surface area contributed by atoms with Gasteiger partial charge in [0.05, 0.1) is 12.8 Å². The minimum absolute atomic E-state index is 0.330. The van der Waals surface area contributed by atoms with Gasteiger partial charge in [0.2, 0.25) is 11.9 Å². The number of guanidine groups is 1. The predicted molar refractivity (Wildman–Crippen MR) is 103 cm³/mol. The first-order valence-corrected chi connectivity index (χ1v) is 9.12. The Morgan fingerprint density at radius 2 is 1.96 bits per heavy atom. The monoisotopic (exact) mass is 400 g/mol. The summed E-state index contributed by atoms with van der Waals surface area (Å²) < 4.78 is 7.18. The van der Waals surface area contributed by atoms with Gasteiger partial charge in [-0.05, 0) is 18.2 Å². The van der Waals surface area contributed by atoms with E-state index in [4.69, 9.17) is 16.0 Å². The number of likely N-dealkylation sites (N-methyl/N-ethyl adjacent to an activating group) is 2. The molecule has 1 unspecified atom stereocenters. The highest BCUT2D eigenvalue weighted by molar-refractivity contribution is 6.31. The number of amides is 3. The molecule has 2 aromatic rings. The largest absolute Gasteiger partial charge is 0.466 e. The fraction of sp³-hybridized carbons (Fsp3) is 0.263. The molecule has 0 aliphatic carbocycles. The summed E-state index contributed by atoms with van der Waals surface area (Å²) in [6.45, 7) is 0.756. The van der Waals surface area contributed by atoms with E-state index in [1.807, 2.05) is 28.8 Å². The van der Waals surface area contributed by atoms with Crippen LogP contribution in [0.1, 0.15) is 11.3 Å². The molecule has 0 bridgehead atoms. The second-order valence-corrected chi connectivity index (χ2v) is 6.99.